The zero-order valence-electron chi connectivity index (χ0n) is 15.0. The van der Waals surface area contributed by atoms with Crippen molar-refractivity contribution < 1.29 is 18.3 Å². The summed E-state index contributed by atoms with van der Waals surface area (Å²) in [6.07, 6.45) is 0. The molecule has 28 heavy (non-hydrogen) atoms. The Morgan fingerprint density at radius 2 is 1.50 bits per heavy atom. The quantitative estimate of drug-likeness (QED) is 0.612. The van der Waals surface area contributed by atoms with Crippen LogP contribution < -0.4 is 15.8 Å². The maximum Gasteiger partial charge on any atom is 0.387 e. The van der Waals surface area contributed by atoms with Gasteiger partial charge in [-0.15, -0.1) is 0 Å². The second-order valence-electron chi connectivity index (χ2n) is 6.23. The first-order valence-electron chi connectivity index (χ1n) is 8.75. The zero-order valence-corrected chi connectivity index (χ0v) is 15.0. The summed E-state index contributed by atoms with van der Waals surface area (Å²) in [6.45, 7) is -2.30. The number of halogens is 2. The topological polar surface area (TPSA) is 64.4 Å². The van der Waals surface area contributed by atoms with E-state index in [9.17, 15) is 13.6 Å². The van der Waals surface area contributed by atoms with E-state index in [4.69, 9.17) is 5.73 Å². The summed E-state index contributed by atoms with van der Waals surface area (Å²) in [4.78, 5) is 11.2. The number of hydrogen-bond donors (Lipinski definition) is 2. The van der Waals surface area contributed by atoms with E-state index in [0.717, 1.165) is 16.7 Å². The number of rotatable bonds is 8. The molecule has 0 unspecified atom stereocenters. The van der Waals surface area contributed by atoms with E-state index in [-0.39, 0.29) is 11.8 Å². The Morgan fingerprint density at radius 3 is 2.07 bits per heavy atom. The van der Waals surface area contributed by atoms with E-state index in [1.807, 2.05) is 42.5 Å². The van der Waals surface area contributed by atoms with E-state index in [1.54, 1.807) is 24.3 Å². The molecule has 144 valence electrons. The Kier molecular flexibility index (Phi) is 6.34. The number of hydrogen-bond acceptors (Lipinski definition) is 3. The molecule has 3 rings (SSSR count). The fourth-order valence-electron chi connectivity index (χ4n) is 2.92. The Hall–Kier alpha value is -3.25. The van der Waals surface area contributed by atoms with Crippen LogP contribution in [0.3, 0.4) is 0 Å². The number of nitrogens with two attached hydrogens (primary N) is 1. The van der Waals surface area contributed by atoms with Crippen LogP contribution >= 0.6 is 0 Å². The molecule has 0 aliphatic rings. The number of ether oxygens (including phenoxy) is 1. The molecule has 0 spiro atoms. The molecule has 0 aliphatic carbocycles. The molecule has 0 radical (unpaired) electrons. The van der Waals surface area contributed by atoms with Crippen molar-refractivity contribution in [1.29, 1.82) is 0 Å². The fourth-order valence-corrected chi connectivity index (χ4v) is 2.92. The fraction of sp³-hybridized carbons (Fsp3) is 0.136. The van der Waals surface area contributed by atoms with Crippen molar-refractivity contribution in [3.8, 4) is 5.75 Å². The standard InChI is InChI=1S/C22H20F2N2O2/c23-22(24)28-19-12-10-17(11-13-19)20(16-4-2-1-3-5-16)26-14-15-6-8-18(9-7-15)21(25)27/h1-13,20,22,26H,14H2,(H2,25,27)/t20-/m1/s1. The Morgan fingerprint density at radius 1 is 0.893 bits per heavy atom. The molecule has 3 aromatic carbocycles. The predicted octanol–water partition coefficient (Wildman–Crippen LogP) is 4.27. The van der Waals surface area contributed by atoms with Gasteiger partial charge in [0.1, 0.15) is 5.75 Å². The van der Waals surface area contributed by atoms with E-state index in [2.05, 4.69) is 10.1 Å². The minimum Gasteiger partial charge on any atom is -0.435 e. The summed E-state index contributed by atoms with van der Waals surface area (Å²) < 4.78 is 29.2. The Bertz CT molecular complexity index is 898. The van der Waals surface area contributed by atoms with Crippen LogP contribution in [-0.2, 0) is 6.54 Å². The van der Waals surface area contributed by atoms with E-state index < -0.39 is 12.5 Å². The first-order chi connectivity index (χ1) is 13.5. The van der Waals surface area contributed by atoms with E-state index in [0.29, 0.717) is 12.1 Å². The van der Waals surface area contributed by atoms with Gasteiger partial charge in [-0.1, -0.05) is 54.6 Å². The van der Waals surface area contributed by atoms with Gasteiger partial charge in [-0.2, -0.15) is 8.78 Å². The average Bonchev–Trinajstić information content (AvgIpc) is 2.70. The third-order valence-corrected chi connectivity index (χ3v) is 4.32. The molecule has 3 N–H and O–H groups in total. The lowest BCUT2D eigenvalue weighted by molar-refractivity contribution is -0.0498. The first-order valence-corrected chi connectivity index (χ1v) is 8.75. The number of nitrogens with one attached hydrogen (secondary N) is 1. The van der Waals surface area contributed by atoms with Crippen molar-refractivity contribution in [3.63, 3.8) is 0 Å². The number of carbonyl (C=O) groups is 1. The van der Waals surface area contributed by atoms with Gasteiger partial charge in [0.25, 0.3) is 0 Å². The first kappa shape index (κ1) is 19.5. The summed E-state index contributed by atoms with van der Waals surface area (Å²) in [5.74, 6) is -0.347. The molecule has 0 heterocycles. The number of alkyl halides is 2. The highest BCUT2D eigenvalue weighted by molar-refractivity contribution is 5.92. The molecule has 0 saturated heterocycles. The molecule has 0 saturated carbocycles. The van der Waals surface area contributed by atoms with Crippen molar-refractivity contribution in [3.05, 3.63) is 101 Å². The monoisotopic (exact) mass is 382 g/mol. The van der Waals surface area contributed by atoms with Crippen LogP contribution in [-0.4, -0.2) is 12.5 Å². The van der Waals surface area contributed by atoms with Crippen molar-refractivity contribution in [2.75, 3.05) is 0 Å². The molecule has 0 bridgehead atoms. The Labute approximate surface area is 162 Å². The average molecular weight is 382 g/mol. The van der Waals surface area contributed by atoms with Crippen LogP contribution in [0.25, 0.3) is 0 Å². The highest BCUT2D eigenvalue weighted by Gasteiger charge is 2.14. The van der Waals surface area contributed by atoms with Gasteiger partial charge in [-0.3, -0.25) is 4.79 Å². The minimum atomic E-state index is -2.85. The van der Waals surface area contributed by atoms with Gasteiger partial charge in [0.05, 0.1) is 6.04 Å². The maximum atomic E-state index is 12.4. The smallest absolute Gasteiger partial charge is 0.387 e. The second-order valence-corrected chi connectivity index (χ2v) is 6.23. The largest absolute Gasteiger partial charge is 0.435 e. The van der Waals surface area contributed by atoms with Gasteiger partial charge in [0.15, 0.2) is 0 Å². The van der Waals surface area contributed by atoms with E-state index >= 15 is 0 Å². The number of primary amides is 1. The second kappa shape index (κ2) is 9.10. The van der Waals surface area contributed by atoms with Crippen LogP contribution in [0.2, 0.25) is 0 Å². The predicted molar refractivity (Wildman–Crippen MR) is 103 cm³/mol. The van der Waals surface area contributed by atoms with Crippen LogP contribution in [0.5, 0.6) is 5.75 Å². The number of amides is 1. The molecule has 0 aliphatic heterocycles. The van der Waals surface area contributed by atoms with E-state index in [1.165, 1.54) is 12.1 Å². The highest BCUT2D eigenvalue weighted by Crippen LogP contribution is 2.25. The van der Waals surface area contributed by atoms with Crippen molar-refractivity contribution in [2.45, 2.75) is 19.2 Å². The third-order valence-electron chi connectivity index (χ3n) is 4.32. The summed E-state index contributed by atoms with van der Waals surface area (Å²) in [5, 5.41) is 3.47. The minimum absolute atomic E-state index is 0.118. The molecule has 1 atom stereocenters. The lowest BCUT2D eigenvalue weighted by Crippen LogP contribution is -2.22. The SMILES string of the molecule is NC(=O)c1ccc(CN[C@H](c2ccccc2)c2ccc(OC(F)F)cc2)cc1. The van der Waals surface area contributed by atoms with Crippen LogP contribution in [0.15, 0.2) is 78.9 Å². The molecule has 0 fully saturated rings. The third kappa shape index (κ3) is 5.14. The summed E-state index contributed by atoms with van der Waals surface area (Å²) in [5.41, 5.74) is 8.67. The van der Waals surface area contributed by atoms with Gasteiger partial charge in [-0.25, -0.2) is 0 Å². The lowest BCUT2D eigenvalue weighted by Gasteiger charge is -2.20. The highest BCUT2D eigenvalue weighted by atomic mass is 19.3. The Balaban J connectivity index is 1.79. The van der Waals surface area contributed by atoms with Crippen molar-refractivity contribution in [2.24, 2.45) is 5.73 Å². The van der Waals surface area contributed by atoms with Gasteiger partial charge in [0, 0.05) is 12.1 Å². The molecule has 1 amide bonds. The normalized spacial score (nSPS) is 12.0. The lowest BCUT2D eigenvalue weighted by atomic mass is 9.98. The van der Waals surface area contributed by atoms with Gasteiger partial charge < -0.3 is 15.8 Å². The summed E-state index contributed by atoms with van der Waals surface area (Å²) in [7, 11) is 0. The molecule has 3 aromatic rings. The molecule has 0 aromatic heterocycles. The van der Waals surface area contributed by atoms with Crippen LogP contribution in [0.1, 0.15) is 33.1 Å². The molecule has 4 nitrogen and oxygen atoms in total. The summed E-state index contributed by atoms with van der Waals surface area (Å²) >= 11 is 0. The number of benzene rings is 3. The van der Waals surface area contributed by atoms with Gasteiger partial charge in [0.2, 0.25) is 5.91 Å². The summed E-state index contributed by atoms with van der Waals surface area (Å²) in [6, 6.07) is 23.3. The number of carbonyl (C=O) groups excluding carboxylic acids is 1. The van der Waals surface area contributed by atoms with Crippen molar-refractivity contribution in [1.82, 2.24) is 5.32 Å². The zero-order chi connectivity index (χ0) is 19.9. The van der Waals surface area contributed by atoms with Gasteiger partial charge in [-0.05, 0) is 41.0 Å². The van der Waals surface area contributed by atoms with Crippen molar-refractivity contribution >= 4 is 5.91 Å². The molecular weight excluding hydrogens is 362 g/mol. The molecular formula is C22H20F2N2O2. The van der Waals surface area contributed by atoms with Gasteiger partial charge >= 0.3 is 6.61 Å². The molecule has 6 heteroatoms. The van der Waals surface area contributed by atoms with Crippen LogP contribution in [0.4, 0.5) is 8.78 Å². The maximum absolute atomic E-state index is 12.4. The van der Waals surface area contributed by atoms with Crippen LogP contribution in [0, 0.1) is 0 Å².